The van der Waals surface area contributed by atoms with Gasteiger partial charge in [-0.15, -0.1) is 0 Å². The molecule has 3 rings (SSSR count). The quantitative estimate of drug-likeness (QED) is 0.487. The lowest BCUT2D eigenvalue weighted by Gasteiger charge is -2.09. The molecular weight excluding hydrogens is 304 g/mol. The lowest BCUT2D eigenvalue weighted by atomic mass is 10.0. The standard InChI is InChI=1S/C20H18S2/c1-2-7-17(8-3-1)11-12-20-18-9-6-10-19(20)16-22-14-5-4-13-21-15-18/h1-10H,13-16H2/b5-4+. The minimum atomic E-state index is 1.03. The number of hydrogen-bond acceptors (Lipinski definition) is 2. The first kappa shape index (κ1) is 15.3. The van der Waals surface area contributed by atoms with Crippen molar-refractivity contribution in [1.82, 2.24) is 0 Å². The summed E-state index contributed by atoms with van der Waals surface area (Å²) in [6.45, 7) is 0. The van der Waals surface area contributed by atoms with Gasteiger partial charge in [-0.2, -0.15) is 23.5 Å². The minimum absolute atomic E-state index is 1.03. The van der Waals surface area contributed by atoms with Gasteiger partial charge in [-0.3, -0.25) is 0 Å². The molecule has 0 spiro atoms. The third-order valence-electron chi connectivity index (χ3n) is 3.45. The summed E-state index contributed by atoms with van der Waals surface area (Å²) in [5, 5.41) is 0. The minimum Gasteiger partial charge on any atom is -0.153 e. The van der Waals surface area contributed by atoms with Gasteiger partial charge in [-0.1, -0.05) is 60.4 Å². The van der Waals surface area contributed by atoms with Crippen LogP contribution in [-0.2, 0) is 11.5 Å². The molecule has 1 aliphatic rings. The fourth-order valence-electron chi connectivity index (χ4n) is 2.32. The van der Waals surface area contributed by atoms with E-state index in [1.54, 1.807) is 0 Å². The maximum Gasteiger partial charge on any atom is 0.0329 e. The first-order valence-corrected chi connectivity index (χ1v) is 9.73. The molecule has 0 aromatic heterocycles. The number of fused-ring (bicyclic) bond motifs is 2. The Morgan fingerprint density at radius 3 is 1.95 bits per heavy atom. The Labute approximate surface area is 141 Å². The van der Waals surface area contributed by atoms with Gasteiger partial charge in [0.1, 0.15) is 0 Å². The Hall–Kier alpha value is -1.56. The smallest absolute Gasteiger partial charge is 0.0329 e. The molecule has 1 aliphatic heterocycles. The van der Waals surface area contributed by atoms with Gasteiger partial charge in [-0.25, -0.2) is 0 Å². The van der Waals surface area contributed by atoms with E-state index in [0.29, 0.717) is 0 Å². The van der Waals surface area contributed by atoms with Crippen LogP contribution >= 0.6 is 23.5 Å². The third kappa shape index (κ3) is 4.22. The molecule has 0 unspecified atom stereocenters. The molecule has 0 nitrogen and oxygen atoms in total. The van der Waals surface area contributed by atoms with Crippen molar-refractivity contribution < 1.29 is 0 Å². The van der Waals surface area contributed by atoms with Crippen LogP contribution < -0.4 is 0 Å². The van der Waals surface area contributed by atoms with E-state index >= 15 is 0 Å². The van der Waals surface area contributed by atoms with E-state index in [1.165, 1.54) is 16.7 Å². The average molecular weight is 322 g/mol. The van der Waals surface area contributed by atoms with Crippen LogP contribution in [0.15, 0.2) is 60.7 Å². The molecule has 0 saturated carbocycles. The Kier molecular flexibility index (Phi) is 5.70. The summed E-state index contributed by atoms with van der Waals surface area (Å²) in [6.07, 6.45) is 4.56. The van der Waals surface area contributed by atoms with Crippen molar-refractivity contribution in [2.24, 2.45) is 0 Å². The molecule has 0 radical (unpaired) electrons. The zero-order chi connectivity index (χ0) is 15.0. The summed E-state index contributed by atoms with van der Waals surface area (Å²) in [5.41, 5.74) is 5.03. The summed E-state index contributed by atoms with van der Waals surface area (Å²) < 4.78 is 0. The number of hydrogen-bond donors (Lipinski definition) is 0. The third-order valence-corrected chi connectivity index (χ3v) is 5.34. The average Bonchev–Trinajstić information content (AvgIpc) is 2.58. The number of rotatable bonds is 0. The van der Waals surface area contributed by atoms with E-state index in [-0.39, 0.29) is 0 Å². The van der Waals surface area contributed by atoms with E-state index < -0.39 is 0 Å². The predicted molar refractivity (Wildman–Crippen MR) is 100 cm³/mol. The molecule has 22 heavy (non-hydrogen) atoms. The van der Waals surface area contributed by atoms with Gasteiger partial charge in [0.2, 0.25) is 0 Å². The van der Waals surface area contributed by atoms with Crippen molar-refractivity contribution in [2.45, 2.75) is 11.5 Å². The van der Waals surface area contributed by atoms with E-state index in [9.17, 15) is 0 Å². The molecule has 2 aromatic rings. The molecule has 0 saturated heterocycles. The van der Waals surface area contributed by atoms with Crippen LogP contribution in [0, 0.1) is 11.8 Å². The Bertz CT molecular complexity index is 675. The molecule has 0 amide bonds. The second kappa shape index (κ2) is 8.17. The van der Waals surface area contributed by atoms with Crippen molar-refractivity contribution >= 4 is 23.5 Å². The van der Waals surface area contributed by atoms with E-state index in [4.69, 9.17) is 0 Å². The van der Waals surface area contributed by atoms with Crippen molar-refractivity contribution in [2.75, 3.05) is 11.5 Å². The van der Waals surface area contributed by atoms with Crippen LogP contribution in [0.2, 0.25) is 0 Å². The monoisotopic (exact) mass is 322 g/mol. The van der Waals surface area contributed by atoms with E-state index in [0.717, 1.165) is 28.6 Å². The van der Waals surface area contributed by atoms with Gasteiger partial charge >= 0.3 is 0 Å². The van der Waals surface area contributed by atoms with Gasteiger partial charge in [-0.05, 0) is 23.3 Å². The predicted octanol–water partition coefficient (Wildman–Crippen LogP) is 5.12. The SMILES string of the molecule is C(#Cc1c2cccc1CSC/C=C/CSC2)c1ccccc1. The second-order valence-corrected chi connectivity index (χ2v) is 7.13. The molecule has 0 fully saturated rings. The maximum atomic E-state index is 3.44. The lowest BCUT2D eigenvalue weighted by Crippen LogP contribution is -1.95. The summed E-state index contributed by atoms with van der Waals surface area (Å²) in [6, 6.07) is 16.8. The fourth-order valence-corrected chi connectivity index (χ4v) is 4.02. The van der Waals surface area contributed by atoms with Gasteiger partial charge in [0.05, 0.1) is 0 Å². The van der Waals surface area contributed by atoms with Crippen molar-refractivity contribution in [3.8, 4) is 11.8 Å². The molecule has 110 valence electrons. The first-order chi connectivity index (χ1) is 10.9. The molecule has 0 N–H and O–H groups in total. The van der Waals surface area contributed by atoms with Gasteiger partial charge in [0, 0.05) is 34.1 Å². The molecule has 2 heteroatoms. The Balaban J connectivity index is 1.95. The fraction of sp³-hybridized carbons (Fsp3) is 0.200. The highest BCUT2D eigenvalue weighted by Gasteiger charge is 2.07. The molecule has 2 bridgehead atoms. The first-order valence-electron chi connectivity index (χ1n) is 7.42. The largest absolute Gasteiger partial charge is 0.153 e. The Morgan fingerprint density at radius 1 is 0.682 bits per heavy atom. The summed E-state index contributed by atoms with van der Waals surface area (Å²) in [5.74, 6) is 11.0. The summed E-state index contributed by atoms with van der Waals surface area (Å²) in [7, 11) is 0. The van der Waals surface area contributed by atoms with Crippen LogP contribution in [0.5, 0.6) is 0 Å². The van der Waals surface area contributed by atoms with Crippen LogP contribution in [0.1, 0.15) is 22.3 Å². The van der Waals surface area contributed by atoms with Crippen LogP contribution in [0.25, 0.3) is 0 Å². The maximum absolute atomic E-state index is 3.44. The Morgan fingerprint density at radius 2 is 1.32 bits per heavy atom. The van der Waals surface area contributed by atoms with Crippen molar-refractivity contribution in [3.05, 3.63) is 82.9 Å². The van der Waals surface area contributed by atoms with Gasteiger partial charge < -0.3 is 0 Å². The number of thioether (sulfide) groups is 2. The van der Waals surface area contributed by atoms with Gasteiger partial charge in [0.15, 0.2) is 0 Å². The van der Waals surface area contributed by atoms with Crippen LogP contribution in [-0.4, -0.2) is 11.5 Å². The molecule has 0 aliphatic carbocycles. The molecular formula is C20H18S2. The number of benzene rings is 2. The van der Waals surface area contributed by atoms with Gasteiger partial charge in [0.25, 0.3) is 0 Å². The van der Waals surface area contributed by atoms with Crippen LogP contribution in [0.4, 0.5) is 0 Å². The zero-order valence-corrected chi connectivity index (χ0v) is 14.1. The normalized spacial score (nSPS) is 16.0. The topological polar surface area (TPSA) is 0 Å². The highest BCUT2D eigenvalue weighted by Crippen LogP contribution is 2.24. The van der Waals surface area contributed by atoms with Crippen LogP contribution in [0.3, 0.4) is 0 Å². The van der Waals surface area contributed by atoms with Crippen molar-refractivity contribution in [1.29, 1.82) is 0 Å². The van der Waals surface area contributed by atoms with E-state index in [2.05, 4.69) is 54.3 Å². The summed E-state index contributed by atoms with van der Waals surface area (Å²) in [4.78, 5) is 0. The van der Waals surface area contributed by atoms with E-state index in [1.807, 2.05) is 41.7 Å². The molecule has 0 atom stereocenters. The highest BCUT2D eigenvalue weighted by atomic mass is 32.2. The lowest BCUT2D eigenvalue weighted by molar-refractivity contribution is 1.30. The molecule has 2 aromatic carbocycles. The molecule has 1 heterocycles. The second-order valence-electron chi connectivity index (χ2n) is 5.07. The highest BCUT2D eigenvalue weighted by molar-refractivity contribution is 7.99. The van der Waals surface area contributed by atoms with Crippen molar-refractivity contribution in [3.63, 3.8) is 0 Å². The zero-order valence-electron chi connectivity index (χ0n) is 12.4. The summed E-state index contributed by atoms with van der Waals surface area (Å²) >= 11 is 3.91.